The Bertz CT molecular complexity index is 1290. The van der Waals surface area contributed by atoms with Crippen molar-refractivity contribution in [1.29, 1.82) is 0 Å². The van der Waals surface area contributed by atoms with Crippen LogP contribution < -0.4 is 5.56 Å². The van der Waals surface area contributed by atoms with Crippen LogP contribution in [0.3, 0.4) is 0 Å². The van der Waals surface area contributed by atoms with Crippen molar-refractivity contribution in [2.24, 2.45) is 0 Å². The fraction of sp³-hybridized carbons (Fsp3) is 0.462. The van der Waals surface area contributed by atoms with Gasteiger partial charge in [-0.2, -0.15) is 0 Å². The number of aryl methyl sites for hydroxylation is 2. The molecule has 0 aliphatic carbocycles. The Morgan fingerprint density at radius 2 is 2.03 bits per heavy atom. The van der Waals surface area contributed by atoms with Gasteiger partial charge in [0.1, 0.15) is 5.82 Å². The third-order valence-corrected chi connectivity index (χ3v) is 6.81. The van der Waals surface area contributed by atoms with E-state index in [0.29, 0.717) is 59.4 Å². The van der Waals surface area contributed by atoms with E-state index in [0.717, 1.165) is 16.5 Å². The van der Waals surface area contributed by atoms with Gasteiger partial charge in [0.05, 0.1) is 41.8 Å². The molecule has 0 saturated carbocycles. The lowest BCUT2D eigenvalue weighted by molar-refractivity contribution is 0.0495. The van der Waals surface area contributed by atoms with Crippen molar-refractivity contribution in [2.45, 2.75) is 71.8 Å². The van der Waals surface area contributed by atoms with Crippen molar-refractivity contribution in [3.05, 3.63) is 62.2 Å². The van der Waals surface area contributed by atoms with Crippen LogP contribution in [0.4, 0.5) is 4.39 Å². The summed E-state index contributed by atoms with van der Waals surface area (Å²) >= 11 is 0. The van der Waals surface area contributed by atoms with E-state index in [1.54, 1.807) is 31.4 Å². The number of ether oxygens (including phenoxy) is 1. The molecule has 6 nitrogen and oxygen atoms in total. The summed E-state index contributed by atoms with van der Waals surface area (Å²) in [5.41, 5.74) is 3.69. The molecule has 2 atom stereocenters. The van der Waals surface area contributed by atoms with E-state index in [4.69, 9.17) is 9.72 Å². The van der Waals surface area contributed by atoms with Crippen LogP contribution in [0.1, 0.15) is 61.4 Å². The smallest absolute Gasteiger partial charge is 0.257 e. The number of nitrogens with zero attached hydrogens (tertiary/aromatic N) is 2. The van der Waals surface area contributed by atoms with E-state index < -0.39 is 11.7 Å². The lowest BCUT2D eigenvalue weighted by Crippen LogP contribution is -2.31. The Hall–Kier alpha value is -2.61. The van der Waals surface area contributed by atoms with E-state index in [9.17, 15) is 19.4 Å². The van der Waals surface area contributed by atoms with Gasteiger partial charge >= 0.3 is 0 Å². The first-order valence-corrected chi connectivity index (χ1v) is 11.4. The first kappa shape index (κ1) is 23.5. The minimum Gasteiger partial charge on any atom is -0.393 e. The molecule has 176 valence electrons. The Balaban J connectivity index is 2.03. The van der Waals surface area contributed by atoms with Gasteiger partial charge in [0.25, 0.3) is 5.56 Å². The molecule has 0 fully saturated rings. The predicted molar refractivity (Wildman–Crippen MR) is 126 cm³/mol. The van der Waals surface area contributed by atoms with Crippen molar-refractivity contribution in [2.75, 3.05) is 7.11 Å². The van der Waals surface area contributed by atoms with Crippen molar-refractivity contribution in [1.82, 2.24) is 9.55 Å². The maximum Gasteiger partial charge on any atom is 0.257 e. The number of aliphatic hydroxyl groups excluding tert-OH is 1. The monoisotopic (exact) mass is 454 g/mol. The van der Waals surface area contributed by atoms with Gasteiger partial charge in [-0.1, -0.05) is 6.92 Å². The molecule has 2 aromatic heterocycles. The number of halogens is 1. The molecule has 0 amide bonds. The van der Waals surface area contributed by atoms with Gasteiger partial charge in [0, 0.05) is 29.7 Å². The molecule has 1 aliphatic heterocycles. The van der Waals surface area contributed by atoms with Crippen LogP contribution in [0.15, 0.2) is 23.0 Å². The molecule has 2 N–H and O–H groups in total. The second-order valence-electron chi connectivity index (χ2n) is 9.30. The number of aromatic nitrogens is 2. The molecule has 3 heterocycles. The largest absolute Gasteiger partial charge is 0.393 e. The summed E-state index contributed by atoms with van der Waals surface area (Å²) in [5, 5.41) is 21.8. The summed E-state index contributed by atoms with van der Waals surface area (Å²) in [7, 11) is 1.52. The van der Waals surface area contributed by atoms with E-state index in [1.165, 1.54) is 13.2 Å². The molecule has 1 aromatic carbocycles. The third-order valence-electron chi connectivity index (χ3n) is 6.81. The van der Waals surface area contributed by atoms with Crippen LogP contribution in [0.5, 0.6) is 0 Å². The van der Waals surface area contributed by atoms with E-state index in [-0.39, 0.29) is 18.0 Å². The molecule has 0 spiro atoms. The van der Waals surface area contributed by atoms with Crippen LogP contribution in [0, 0.1) is 12.7 Å². The van der Waals surface area contributed by atoms with Gasteiger partial charge in [-0.3, -0.25) is 4.79 Å². The van der Waals surface area contributed by atoms with E-state index in [1.807, 2.05) is 13.0 Å². The first-order valence-electron chi connectivity index (χ1n) is 11.4. The van der Waals surface area contributed by atoms with Gasteiger partial charge in [-0.15, -0.1) is 0 Å². The molecule has 1 aliphatic rings. The zero-order chi connectivity index (χ0) is 24.1. The lowest BCUT2D eigenvalue weighted by atomic mass is 9.89. The van der Waals surface area contributed by atoms with Gasteiger partial charge < -0.3 is 19.5 Å². The van der Waals surface area contributed by atoms with E-state index in [2.05, 4.69) is 0 Å². The van der Waals surface area contributed by atoms with Gasteiger partial charge in [-0.25, -0.2) is 9.37 Å². The number of pyridine rings is 2. The number of benzene rings is 1. The number of fused-ring (bicyclic) bond motifs is 4. The lowest BCUT2D eigenvalue weighted by Gasteiger charge is -2.25. The summed E-state index contributed by atoms with van der Waals surface area (Å²) in [6.07, 6.45) is 1.06. The van der Waals surface area contributed by atoms with Gasteiger partial charge in [0.2, 0.25) is 0 Å². The maximum atomic E-state index is 14.4. The van der Waals surface area contributed by atoms with Crippen LogP contribution in [-0.4, -0.2) is 33.0 Å². The summed E-state index contributed by atoms with van der Waals surface area (Å²) in [5.74, 6) is -0.336. The molecule has 0 radical (unpaired) electrons. The second-order valence-corrected chi connectivity index (χ2v) is 9.30. The highest BCUT2D eigenvalue weighted by Crippen LogP contribution is 2.39. The minimum atomic E-state index is -1.21. The number of hydrogen-bond donors (Lipinski definition) is 2. The van der Waals surface area contributed by atoms with Gasteiger partial charge in [0.15, 0.2) is 0 Å². The van der Waals surface area contributed by atoms with Crippen LogP contribution >= 0.6 is 0 Å². The average Bonchev–Trinajstić information content (AvgIpc) is 3.12. The van der Waals surface area contributed by atoms with Crippen molar-refractivity contribution < 1.29 is 19.3 Å². The Morgan fingerprint density at radius 1 is 1.30 bits per heavy atom. The molecule has 4 rings (SSSR count). The first-order chi connectivity index (χ1) is 15.6. The third kappa shape index (κ3) is 3.98. The van der Waals surface area contributed by atoms with Crippen molar-refractivity contribution in [3.63, 3.8) is 0 Å². The zero-order valence-corrected chi connectivity index (χ0v) is 19.8. The predicted octanol–water partition coefficient (Wildman–Crippen LogP) is 3.95. The summed E-state index contributed by atoms with van der Waals surface area (Å²) < 4.78 is 21.4. The summed E-state index contributed by atoms with van der Waals surface area (Å²) in [4.78, 5) is 18.3. The molecule has 3 aromatic rings. The number of methoxy groups -OCH3 is 1. The molecular formula is C26H31FN2O4. The highest BCUT2D eigenvalue weighted by atomic mass is 19.1. The molecule has 0 unspecified atom stereocenters. The number of rotatable bonds is 7. The highest BCUT2D eigenvalue weighted by molar-refractivity contribution is 5.88. The van der Waals surface area contributed by atoms with E-state index >= 15 is 0 Å². The molecule has 7 heteroatoms. The van der Waals surface area contributed by atoms with Crippen molar-refractivity contribution in [3.8, 4) is 11.4 Å². The molecule has 0 bridgehead atoms. The number of aliphatic hydroxyl groups is 2. The molecule has 0 saturated heterocycles. The molecule has 33 heavy (non-hydrogen) atoms. The summed E-state index contributed by atoms with van der Waals surface area (Å²) in [6, 6.07) is 5.05. The Kier molecular flexibility index (Phi) is 6.16. The standard InChI is InChI=1S/C26H31FN2O4/c1-6-26(4,32)20-10-23-24-18(12-29(23)25(31)19(20)13-33-5)16(8-7-15(3)30)17-9-14(2)21(27)11-22(17)28-24/h9-11,15,30,32H,6-8,12-13H2,1-5H3/t15-,26-/m0/s1. The topological polar surface area (TPSA) is 84.6 Å². The Morgan fingerprint density at radius 3 is 2.67 bits per heavy atom. The maximum absolute atomic E-state index is 14.4. The second kappa shape index (κ2) is 8.63. The quantitative estimate of drug-likeness (QED) is 0.442. The Labute approximate surface area is 192 Å². The van der Waals surface area contributed by atoms with Crippen LogP contribution in [0.2, 0.25) is 0 Å². The highest BCUT2D eigenvalue weighted by Gasteiger charge is 2.33. The van der Waals surface area contributed by atoms with Crippen LogP contribution in [0.25, 0.3) is 22.3 Å². The normalized spacial score (nSPS) is 15.4. The van der Waals surface area contributed by atoms with Crippen LogP contribution in [-0.2, 0) is 29.9 Å². The van der Waals surface area contributed by atoms with Gasteiger partial charge in [-0.05, 0) is 68.9 Å². The average molecular weight is 455 g/mol. The minimum absolute atomic E-state index is 0.0929. The SMILES string of the molecule is CC[C@](C)(O)c1cc2n(c(=O)c1COC)Cc1c-2nc2cc(F)c(C)cc2c1CC[C@H](C)O. The fourth-order valence-corrected chi connectivity index (χ4v) is 4.67. The fourth-order valence-electron chi connectivity index (χ4n) is 4.67. The number of hydrogen-bond acceptors (Lipinski definition) is 5. The molecular weight excluding hydrogens is 423 g/mol. The zero-order valence-electron chi connectivity index (χ0n) is 19.8. The van der Waals surface area contributed by atoms with Crippen molar-refractivity contribution >= 4 is 10.9 Å². The summed E-state index contributed by atoms with van der Waals surface area (Å²) in [6.45, 7) is 7.44.